The number of anilines is 1. The van der Waals surface area contributed by atoms with E-state index < -0.39 is 69.7 Å². The van der Waals surface area contributed by atoms with Gasteiger partial charge in [-0.05, 0) is 41.8 Å². The number of aliphatic hydroxyl groups excluding tert-OH is 2. The Hall–Kier alpha value is -4.74. The van der Waals surface area contributed by atoms with E-state index >= 15 is 0 Å². The Morgan fingerprint density at radius 2 is 1.78 bits per heavy atom. The Labute approximate surface area is 234 Å². The van der Waals surface area contributed by atoms with Crippen molar-refractivity contribution in [1.82, 2.24) is 4.98 Å². The third kappa shape index (κ3) is 3.45. The molecule has 6 rings (SSSR count). The van der Waals surface area contributed by atoms with Crippen LogP contribution in [0, 0.1) is 11.8 Å². The van der Waals surface area contributed by atoms with Gasteiger partial charge >= 0.3 is 0 Å². The molecule has 0 radical (unpaired) electrons. The van der Waals surface area contributed by atoms with Gasteiger partial charge in [0.25, 0.3) is 5.91 Å². The number of ketones is 2. The van der Waals surface area contributed by atoms with Crippen LogP contribution in [0.2, 0.25) is 0 Å². The predicted octanol–water partition coefficient (Wildman–Crippen LogP) is 1.72. The van der Waals surface area contributed by atoms with Crippen molar-refractivity contribution in [3.05, 3.63) is 88.0 Å². The number of fused-ring (bicyclic) bond motifs is 4. The minimum absolute atomic E-state index is 0.112. The van der Waals surface area contributed by atoms with Crippen molar-refractivity contribution >= 4 is 34.1 Å². The number of nitrogens with zero attached hydrogens (tertiary/aromatic N) is 2. The Kier molecular flexibility index (Phi) is 5.74. The van der Waals surface area contributed by atoms with Crippen LogP contribution in [0.25, 0.3) is 10.9 Å². The highest BCUT2D eigenvalue weighted by atomic mass is 16.3. The summed E-state index contributed by atoms with van der Waals surface area (Å²) in [5.41, 5.74) is 9.75. The van der Waals surface area contributed by atoms with E-state index in [-0.39, 0.29) is 23.1 Å². The lowest BCUT2D eigenvalue weighted by Crippen LogP contribution is -2.63. The van der Waals surface area contributed by atoms with Crippen molar-refractivity contribution in [2.24, 2.45) is 23.3 Å². The van der Waals surface area contributed by atoms with Crippen LogP contribution in [0.5, 0.6) is 5.75 Å². The van der Waals surface area contributed by atoms with Gasteiger partial charge in [0.2, 0.25) is 5.78 Å². The average molecular weight is 557 g/mol. The Morgan fingerprint density at radius 3 is 2.41 bits per heavy atom. The highest BCUT2D eigenvalue weighted by molar-refractivity contribution is 6.25. The summed E-state index contributed by atoms with van der Waals surface area (Å²) < 4.78 is 0. The first kappa shape index (κ1) is 26.5. The summed E-state index contributed by atoms with van der Waals surface area (Å²) in [4.78, 5) is 45.7. The lowest BCUT2D eigenvalue weighted by Gasteiger charge is -2.49. The molecule has 1 aromatic heterocycles. The number of benzene rings is 2. The molecule has 0 fully saturated rings. The van der Waals surface area contributed by atoms with E-state index in [9.17, 15) is 34.8 Å². The second kappa shape index (κ2) is 8.88. The Balaban J connectivity index is 1.66. The maximum Gasteiger partial charge on any atom is 0.255 e. The second-order valence-corrected chi connectivity index (χ2v) is 11.0. The zero-order chi connectivity index (χ0) is 29.5. The number of hydrogen-bond donors (Lipinski definition) is 6. The van der Waals surface area contributed by atoms with Gasteiger partial charge in [-0.2, -0.15) is 0 Å². The van der Waals surface area contributed by atoms with E-state index in [0.29, 0.717) is 10.9 Å². The maximum atomic E-state index is 14.1. The van der Waals surface area contributed by atoms with Gasteiger partial charge in [0, 0.05) is 54.7 Å². The fourth-order valence-electron chi connectivity index (χ4n) is 6.74. The van der Waals surface area contributed by atoms with Crippen molar-refractivity contribution in [1.29, 1.82) is 0 Å². The summed E-state index contributed by atoms with van der Waals surface area (Å²) in [6.07, 6.45) is 1.36. The van der Waals surface area contributed by atoms with Crippen molar-refractivity contribution in [2.45, 2.75) is 24.0 Å². The number of phenolic OH excluding ortho intramolecular Hbond substituents is 1. The molecule has 11 heteroatoms. The molecule has 0 saturated heterocycles. The molecule has 0 saturated carbocycles. The number of amides is 1. The largest absolute Gasteiger partial charge is 0.510 e. The Morgan fingerprint density at radius 1 is 1.10 bits per heavy atom. The van der Waals surface area contributed by atoms with Gasteiger partial charge in [0.05, 0.1) is 11.6 Å². The number of primary amides is 1. The number of Topliss-reactive ketones (excluding diaryl/α,β-unsaturated/α-hetero) is 2. The average Bonchev–Trinajstić information content (AvgIpc) is 2.93. The van der Waals surface area contributed by atoms with Crippen molar-refractivity contribution < 1.29 is 34.8 Å². The van der Waals surface area contributed by atoms with Crippen molar-refractivity contribution in [3.63, 3.8) is 0 Å². The highest BCUT2D eigenvalue weighted by Gasteiger charge is 2.63. The van der Waals surface area contributed by atoms with E-state index in [1.165, 1.54) is 6.20 Å². The molecular weight excluding hydrogens is 528 g/mol. The molecule has 3 aliphatic carbocycles. The van der Waals surface area contributed by atoms with E-state index in [1.54, 1.807) is 18.2 Å². The molecule has 0 spiro atoms. The predicted molar refractivity (Wildman–Crippen MR) is 148 cm³/mol. The summed E-state index contributed by atoms with van der Waals surface area (Å²) in [6.45, 7) is 0. The minimum atomic E-state index is -2.79. The minimum Gasteiger partial charge on any atom is -0.510 e. The highest BCUT2D eigenvalue weighted by Crippen LogP contribution is 2.56. The van der Waals surface area contributed by atoms with Gasteiger partial charge in [0.15, 0.2) is 17.1 Å². The van der Waals surface area contributed by atoms with Crippen LogP contribution in [0.3, 0.4) is 0 Å². The molecule has 0 aliphatic heterocycles. The number of aliphatic hydroxyl groups is 3. The number of aromatic nitrogens is 1. The quantitative estimate of drug-likeness (QED) is 0.258. The number of carbonyl (C=O) groups is 3. The first-order valence-electron chi connectivity index (χ1n) is 13.0. The van der Waals surface area contributed by atoms with Gasteiger partial charge < -0.3 is 36.8 Å². The van der Waals surface area contributed by atoms with E-state index in [2.05, 4.69) is 4.98 Å². The summed E-state index contributed by atoms with van der Waals surface area (Å²) >= 11 is 0. The molecule has 5 atom stereocenters. The molecule has 1 heterocycles. The summed E-state index contributed by atoms with van der Waals surface area (Å²) in [6, 6.07) is 11.3. The first-order valence-corrected chi connectivity index (χ1v) is 13.0. The number of hydrogen-bond acceptors (Lipinski definition) is 10. The monoisotopic (exact) mass is 556 g/mol. The fourth-order valence-corrected chi connectivity index (χ4v) is 6.74. The molecule has 11 nitrogen and oxygen atoms in total. The molecule has 0 bridgehead atoms. The van der Waals surface area contributed by atoms with Crippen LogP contribution in [-0.4, -0.2) is 68.6 Å². The third-order valence-electron chi connectivity index (χ3n) is 8.73. The zero-order valence-corrected chi connectivity index (χ0v) is 22.2. The van der Waals surface area contributed by atoms with E-state index in [4.69, 9.17) is 11.5 Å². The third-order valence-corrected chi connectivity index (χ3v) is 8.73. The molecule has 2 aromatic carbocycles. The SMILES string of the molecule is CN(C)c1ccc([C@H]2c3cc4cccnc4c(O)c3C(=O)C3=C(O)[C@]4(O)C(=O)C(C(N)=O)=C(O)[C@@H](N)[C@@H]4C[C@@H]32)cc1. The molecular formula is C30H28N4O7. The van der Waals surface area contributed by atoms with Gasteiger partial charge in [-0.1, -0.05) is 18.2 Å². The van der Waals surface area contributed by atoms with Crippen LogP contribution in [-0.2, 0) is 9.59 Å². The number of phenols is 1. The van der Waals surface area contributed by atoms with Crippen LogP contribution >= 0.6 is 0 Å². The number of carbonyl (C=O) groups excluding carboxylic acids is 3. The lowest BCUT2D eigenvalue weighted by molar-refractivity contribution is -0.145. The molecule has 8 N–H and O–H groups in total. The maximum absolute atomic E-state index is 14.1. The molecule has 0 unspecified atom stereocenters. The number of aromatic hydroxyl groups is 1. The molecule has 210 valence electrons. The van der Waals surface area contributed by atoms with E-state index in [0.717, 1.165) is 11.3 Å². The van der Waals surface area contributed by atoms with Crippen LogP contribution in [0.15, 0.2) is 71.3 Å². The van der Waals surface area contributed by atoms with Gasteiger partial charge in [-0.3, -0.25) is 19.4 Å². The lowest BCUT2D eigenvalue weighted by atomic mass is 9.55. The van der Waals surface area contributed by atoms with Crippen LogP contribution < -0.4 is 16.4 Å². The summed E-state index contributed by atoms with van der Waals surface area (Å²) in [7, 11) is 3.78. The molecule has 41 heavy (non-hydrogen) atoms. The topological polar surface area (TPSA) is 200 Å². The van der Waals surface area contributed by atoms with Gasteiger partial charge in [-0.25, -0.2) is 0 Å². The van der Waals surface area contributed by atoms with Gasteiger partial charge in [0.1, 0.15) is 22.6 Å². The number of rotatable bonds is 3. The number of pyridine rings is 1. The van der Waals surface area contributed by atoms with Crippen LogP contribution in [0.1, 0.15) is 33.8 Å². The first-order chi connectivity index (χ1) is 19.4. The fraction of sp³-hybridized carbons (Fsp3) is 0.267. The molecule has 3 aliphatic rings. The van der Waals surface area contributed by atoms with E-state index in [1.807, 2.05) is 43.3 Å². The van der Waals surface area contributed by atoms with Crippen molar-refractivity contribution in [3.8, 4) is 5.75 Å². The normalized spacial score (nSPS) is 27.4. The summed E-state index contributed by atoms with van der Waals surface area (Å²) in [5, 5.41) is 45.9. The zero-order valence-electron chi connectivity index (χ0n) is 22.2. The number of allylic oxidation sites excluding steroid dienone is 1. The number of nitrogens with two attached hydrogens (primary N) is 2. The van der Waals surface area contributed by atoms with Gasteiger partial charge in [-0.15, -0.1) is 0 Å². The Bertz CT molecular complexity index is 1740. The molecule has 3 aromatic rings. The smallest absolute Gasteiger partial charge is 0.255 e. The van der Waals surface area contributed by atoms with Crippen LogP contribution in [0.4, 0.5) is 5.69 Å². The second-order valence-electron chi connectivity index (χ2n) is 11.0. The standard InChI is InChI=1S/C30H28N4O7/c1-34(2)14-7-5-12(6-8-14)18-15-10-13-4-3-9-33-23(13)26(37)19(15)24(35)20-16(18)11-17-22(31)25(36)21(29(32)40)28(39)30(17,41)27(20)38/h3-10,16-18,22,36-38,41H,11,31H2,1-2H3,(H2,32,40)/t16-,17+,18+,22+,30+/m1/s1. The molecule has 1 amide bonds. The summed E-state index contributed by atoms with van der Waals surface area (Å²) in [5.74, 6) is -8.36. The van der Waals surface area contributed by atoms with Crippen molar-refractivity contribution in [2.75, 3.05) is 19.0 Å².